The normalized spacial score (nSPS) is 3.80. The van der Waals surface area contributed by atoms with E-state index in [1.165, 1.54) is 6.92 Å². The minimum atomic E-state index is 0.750. The van der Waals surface area contributed by atoms with Crippen molar-refractivity contribution in [2.24, 2.45) is 5.90 Å². The van der Waals surface area contributed by atoms with Crippen molar-refractivity contribution in [1.29, 1.82) is 0 Å². The minimum Gasteiger partial charge on any atom is -0.320 e. The van der Waals surface area contributed by atoms with Crippen LogP contribution in [0.15, 0.2) is 0 Å². The van der Waals surface area contributed by atoms with Crippen LogP contribution < -0.4 is 5.90 Å². The molecule has 5 heavy (non-hydrogen) atoms. The number of hydrogen-bond acceptors (Lipinski definition) is 3. The molecule has 0 saturated carbocycles. The van der Waals surface area contributed by atoms with Crippen LogP contribution in [0.4, 0.5) is 0 Å². The zero-order chi connectivity index (χ0) is 4.71. The van der Waals surface area contributed by atoms with Gasteiger partial charge in [0.1, 0.15) is 6.29 Å². The van der Waals surface area contributed by atoms with E-state index in [4.69, 9.17) is 10.0 Å². The standard InChI is InChI=1S/C2H4O.H3NO/c1-2-3;1-2/h2H,1H3;2H,1H2. The molecule has 0 unspecified atom stereocenters. The topological polar surface area (TPSA) is 63.3 Å². The van der Waals surface area contributed by atoms with Crippen molar-refractivity contribution in [3.63, 3.8) is 0 Å². The van der Waals surface area contributed by atoms with Crippen LogP contribution in [0.3, 0.4) is 0 Å². The summed E-state index contributed by atoms with van der Waals surface area (Å²) in [4.78, 5) is 8.81. The highest BCUT2D eigenvalue weighted by atomic mass is 16.4. The van der Waals surface area contributed by atoms with Crippen molar-refractivity contribution in [2.75, 3.05) is 0 Å². The number of rotatable bonds is 0. The molecule has 32 valence electrons. The fourth-order valence-corrected chi connectivity index (χ4v) is 0. The molecular weight excluding hydrogens is 70.0 g/mol. The average Bonchev–Trinajstić information content (AvgIpc) is 1.46. The zero-order valence-corrected chi connectivity index (χ0v) is 3.01. The van der Waals surface area contributed by atoms with Gasteiger partial charge in [0.15, 0.2) is 0 Å². The Kier molecular flexibility index (Phi) is 122. The Morgan fingerprint density at radius 2 is 1.80 bits per heavy atom. The molecule has 0 aliphatic heterocycles. The third-order valence-electron chi connectivity index (χ3n) is 0. The lowest BCUT2D eigenvalue weighted by Crippen LogP contribution is -1.72. The Morgan fingerprint density at radius 3 is 1.80 bits per heavy atom. The summed E-state index contributed by atoms with van der Waals surface area (Å²) in [7, 11) is 0. The van der Waals surface area contributed by atoms with E-state index in [0.29, 0.717) is 0 Å². The van der Waals surface area contributed by atoms with Gasteiger partial charge in [-0.05, 0) is 6.92 Å². The molecule has 0 aliphatic carbocycles. The van der Waals surface area contributed by atoms with Gasteiger partial charge in [-0.15, -0.1) is 0 Å². The summed E-state index contributed by atoms with van der Waals surface area (Å²) in [5.41, 5.74) is 0. The van der Waals surface area contributed by atoms with Crippen molar-refractivity contribution in [3.8, 4) is 0 Å². The molecule has 0 atom stereocenters. The van der Waals surface area contributed by atoms with E-state index in [1.807, 2.05) is 0 Å². The minimum absolute atomic E-state index is 0.750. The quantitative estimate of drug-likeness (QED) is 0.304. The maximum Gasteiger partial charge on any atom is 0.116 e. The number of carbonyl (C=O) groups excluding carboxylic acids is 1. The molecule has 0 fully saturated rings. The van der Waals surface area contributed by atoms with Gasteiger partial charge < -0.3 is 10.0 Å². The second-order valence-corrected chi connectivity index (χ2v) is 0.236. The molecule has 0 amide bonds. The summed E-state index contributed by atoms with van der Waals surface area (Å²) in [5.74, 6) is 3.50. The molecule has 3 heteroatoms. The third kappa shape index (κ3) is 54.0. The summed E-state index contributed by atoms with van der Waals surface area (Å²) < 4.78 is 0. The van der Waals surface area contributed by atoms with Crippen LogP contribution in [-0.4, -0.2) is 11.5 Å². The van der Waals surface area contributed by atoms with Gasteiger partial charge in [-0.1, -0.05) is 0 Å². The largest absolute Gasteiger partial charge is 0.320 e. The van der Waals surface area contributed by atoms with Gasteiger partial charge in [-0.3, -0.25) is 0 Å². The smallest absolute Gasteiger partial charge is 0.116 e. The van der Waals surface area contributed by atoms with E-state index in [9.17, 15) is 0 Å². The molecule has 0 spiro atoms. The predicted octanol–water partition coefficient (Wildman–Crippen LogP) is -0.461. The summed E-state index contributed by atoms with van der Waals surface area (Å²) >= 11 is 0. The SMILES string of the molecule is CC=O.NO. The van der Waals surface area contributed by atoms with Crippen molar-refractivity contribution < 1.29 is 10.0 Å². The lowest BCUT2D eigenvalue weighted by molar-refractivity contribution is -0.106. The summed E-state index contributed by atoms with van der Waals surface area (Å²) in [5, 5.41) is 6.50. The predicted molar refractivity (Wildman–Crippen MR) is 17.7 cm³/mol. The summed E-state index contributed by atoms with van der Waals surface area (Å²) in [6.45, 7) is 1.44. The lowest BCUT2D eigenvalue weighted by atomic mass is 11.0. The van der Waals surface area contributed by atoms with Gasteiger partial charge in [-0.25, -0.2) is 5.90 Å². The van der Waals surface area contributed by atoms with Gasteiger partial charge in [-0.2, -0.15) is 0 Å². The van der Waals surface area contributed by atoms with E-state index in [-0.39, 0.29) is 0 Å². The first-order chi connectivity index (χ1) is 2.41. The van der Waals surface area contributed by atoms with Crippen LogP contribution in [0.25, 0.3) is 0 Å². The molecule has 0 aromatic rings. The van der Waals surface area contributed by atoms with Crippen molar-refractivity contribution in [3.05, 3.63) is 0 Å². The molecule has 0 aliphatic rings. The summed E-state index contributed by atoms with van der Waals surface area (Å²) in [6.07, 6.45) is 0.750. The lowest BCUT2D eigenvalue weighted by Gasteiger charge is -1.27. The van der Waals surface area contributed by atoms with Gasteiger partial charge in [0.25, 0.3) is 0 Å². The van der Waals surface area contributed by atoms with Crippen LogP contribution in [0.2, 0.25) is 0 Å². The van der Waals surface area contributed by atoms with E-state index in [0.717, 1.165) is 6.29 Å². The maximum absolute atomic E-state index is 8.81. The van der Waals surface area contributed by atoms with Crippen LogP contribution in [0.1, 0.15) is 6.92 Å². The van der Waals surface area contributed by atoms with Gasteiger partial charge in [0.2, 0.25) is 0 Å². The molecule has 0 saturated heterocycles. The fourth-order valence-electron chi connectivity index (χ4n) is 0. The third-order valence-corrected chi connectivity index (χ3v) is 0. The van der Waals surface area contributed by atoms with Gasteiger partial charge in [0, 0.05) is 0 Å². The Bertz CT molecular complexity index is 15.1. The highest BCUT2D eigenvalue weighted by molar-refractivity contribution is 5.44. The van der Waals surface area contributed by atoms with Crippen molar-refractivity contribution in [1.82, 2.24) is 0 Å². The Balaban J connectivity index is 0. The number of nitrogens with two attached hydrogens (primary N) is 1. The van der Waals surface area contributed by atoms with Crippen LogP contribution in [0.5, 0.6) is 0 Å². The van der Waals surface area contributed by atoms with Crippen LogP contribution in [0, 0.1) is 0 Å². The monoisotopic (exact) mass is 77.0 g/mol. The molecule has 3 N–H and O–H groups in total. The van der Waals surface area contributed by atoms with Gasteiger partial charge >= 0.3 is 0 Å². The molecule has 0 heterocycles. The Morgan fingerprint density at radius 1 is 1.80 bits per heavy atom. The second-order valence-electron chi connectivity index (χ2n) is 0.236. The van der Waals surface area contributed by atoms with E-state index < -0.39 is 0 Å². The average molecular weight is 77.1 g/mol. The molecular formula is C2H7NO2. The molecule has 3 nitrogen and oxygen atoms in total. The van der Waals surface area contributed by atoms with Crippen LogP contribution in [-0.2, 0) is 4.79 Å². The second kappa shape index (κ2) is 69.2. The Labute approximate surface area is 30.4 Å². The number of carbonyl (C=O) groups is 1. The molecule has 0 bridgehead atoms. The highest BCUT2D eigenvalue weighted by Gasteiger charge is 1.24. The zero-order valence-electron chi connectivity index (χ0n) is 3.01. The van der Waals surface area contributed by atoms with Crippen LogP contribution >= 0.6 is 0 Å². The van der Waals surface area contributed by atoms with Crippen molar-refractivity contribution >= 4 is 6.29 Å². The summed E-state index contributed by atoms with van der Waals surface area (Å²) in [6, 6.07) is 0. The van der Waals surface area contributed by atoms with E-state index in [2.05, 4.69) is 5.90 Å². The molecule has 0 aromatic heterocycles. The molecule has 0 rings (SSSR count). The highest BCUT2D eigenvalue weighted by Crippen LogP contribution is 1.13. The molecule has 0 aromatic carbocycles. The first-order valence-corrected chi connectivity index (χ1v) is 1.07. The van der Waals surface area contributed by atoms with E-state index in [1.54, 1.807) is 0 Å². The number of aldehydes is 1. The first kappa shape index (κ1) is 8.82. The maximum atomic E-state index is 8.81. The first-order valence-electron chi connectivity index (χ1n) is 1.07. The van der Waals surface area contributed by atoms with E-state index >= 15 is 0 Å². The Hall–Kier alpha value is -0.410. The fraction of sp³-hybridized carbons (Fsp3) is 0.500. The number of hydrogen-bond donors (Lipinski definition) is 2. The molecule has 0 radical (unpaired) electrons. The van der Waals surface area contributed by atoms with Gasteiger partial charge in [0.05, 0.1) is 0 Å². The van der Waals surface area contributed by atoms with Crippen molar-refractivity contribution in [2.45, 2.75) is 6.92 Å².